The molecule has 0 aliphatic carbocycles. The minimum absolute atomic E-state index is 0. The average molecular weight is 269 g/mol. The highest BCUT2D eigenvalue weighted by atomic mass is 79.9. The lowest BCUT2D eigenvalue weighted by molar-refractivity contribution is 0.768. The summed E-state index contributed by atoms with van der Waals surface area (Å²) in [5.74, 6) is 0. The second kappa shape index (κ2) is 8.24. The zero-order valence-corrected chi connectivity index (χ0v) is 10.8. The Morgan fingerprint density at radius 1 is 1.20 bits per heavy atom. The third-order valence-corrected chi connectivity index (χ3v) is 1.83. The Balaban J connectivity index is 0.000000253. The van der Waals surface area contributed by atoms with Gasteiger partial charge < -0.3 is 4.57 Å². The van der Waals surface area contributed by atoms with Gasteiger partial charge in [-0.1, -0.05) is 6.07 Å². The summed E-state index contributed by atoms with van der Waals surface area (Å²) in [6, 6.07) is 7.83. The van der Waals surface area contributed by atoms with Crippen molar-refractivity contribution in [3.8, 4) is 0 Å². The normalized spacial score (nSPS) is 8.40. The maximum absolute atomic E-state index is 3.78. The summed E-state index contributed by atoms with van der Waals surface area (Å²) in [5, 5.41) is 0. The van der Waals surface area contributed by atoms with E-state index in [1.54, 1.807) is 12.4 Å². The van der Waals surface area contributed by atoms with E-state index in [0.717, 1.165) is 6.54 Å². The lowest BCUT2D eigenvalue weighted by atomic mass is 10.4. The molecule has 0 aromatic carbocycles. The fraction of sp³-hybridized carbons (Fsp3) is 0.250. The number of hydrogen-bond donors (Lipinski definition) is 0. The zero-order valence-electron chi connectivity index (χ0n) is 9.13. The van der Waals surface area contributed by atoms with Crippen LogP contribution in [0.25, 0.3) is 0 Å². The molecule has 0 radical (unpaired) electrons. The maximum atomic E-state index is 3.78. The summed E-state index contributed by atoms with van der Waals surface area (Å²) in [7, 11) is 0. The number of aromatic nitrogens is 2. The van der Waals surface area contributed by atoms with Crippen LogP contribution in [0.3, 0.4) is 0 Å². The molecule has 0 amide bonds. The summed E-state index contributed by atoms with van der Waals surface area (Å²) < 4.78 is 2.16. The van der Waals surface area contributed by atoms with E-state index < -0.39 is 0 Å². The van der Waals surface area contributed by atoms with Crippen LogP contribution in [0.15, 0.2) is 49.1 Å². The second-order valence-electron chi connectivity index (χ2n) is 3.04. The Kier molecular flexibility index (Phi) is 7.64. The van der Waals surface area contributed by atoms with E-state index in [4.69, 9.17) is 0 Å². The van der Waals surface area contributed by atoms with E-state index in [1.165, 1.54) is 5.56 Å². The summed E-state index contributed by atoms with van der Waals surface area (Å²) >= 11 is 0. The number of rotatable bonds is 1. The maximum Gasteiger partial charge on any atom is 0.0267 e. The van der Waals surface area contributed by atoms with Gasteiger partial charge in [0.1, 0.15) is 0 Å². The second-order valence-corrected chi connectivity index (χ2v) is 3.04. The molecule has 0 saturated heterocycles. The van der Waals surface area contributed by atoms with Gasteiger partial charge in [-0.3, -0.25) is 4.98 Å². The van der Waals surface area contributed by atoms with Crippen molar-refractivity contribution in [3.05, 3.63) is 54.6 Å². The highest BCUT2D eigenvalue weighted by Crippen LogP contribution is 1.96. The molecule has 2 rings (SSSR count). The Morgan fingerprint density at radius 2 is 1.87 bits per heavy atom. The zero-order chi connectivity index (χ0) is 10.2. The van der Waals surface area contributed by atoms with Crippen molar-refractivity contribution in [2.75, 3.05) is 0 Å². The number of nitrogens with zero attached hydrogens (tertiary/aromatic N) is 2. The van der Waals surface area contributed by atoms with Gasteiger partial charge in [0.25, 0.3) is 0 Å². The molecule has 2 nitrogen and oxygen atoms in total. The van der Waals surface area contributed by atoms with Gasteiger partial charge in [-0.15, -0.1) is 17.0 Å². The summed E-state index contributed by atoms with van der Waals surface area (Å²) in [5.41, 5.74) is 1.34. The summed E-state index contributed by atoms with van der Waals surface area (Å²) in [6.45, 7) is 5.32. The van der Waals surface area contributed by atoms with Crippen molar-refractivity contribution in [1.82, 2.24) is 9.55 Å². The number of hydrogen-bond acceptors (Lipinski definition) is 1. The lowest BCUT2D eigenvalue weighted by Gasteiger charge is -1.90. The highest BCUT2D eigenvalue weighted by Gasteiger charge is 1.84. The molecule has 0 bridgehead atoms. The molecule has 2 aromatic heterocycles. The molecule has 0 N–H and O–H groups in total. The molecule has 0 saturated carbocycles. The van der Waals surface area contributed by atoms with E-state index in [9.17, 15) is 0 Å². The first-order valence-electron chi connectivity index (χ1n) is 4.80. The fourth-order valence-electron chi connectivity index (χ4n) is 1.07. The first kappa shape index (κ1) is 13.9. The molecule has 15 heavy (non-hydrogen) atoms. The third-order valence-electron chi connectivity index (χ3n) is 1.83. The molecule has 0 atom stereocenters. The van der Waals surface area contributed by atoms with Gasteiger partial charge in [-0.05, 0) is 37.6 Å². The third kappa shape index (κ3) is 6.07. The molecule has 0 unspecified atom stereocenters. The van der Waals surface area contributed by atoms with E-state index in [0.29, 0.717) is 0 Å². The summed E-state index contributed by atoms with van der Waals surface area (Å²) in [4.78, 5) is 3.78. The van der Waals surface area contributed by atoms with Crippen molar-refractivity contribution >= 4 is 17.0 Å². The van der Waals surface area contributed by atoms with Crippen LogP contribution < -0.4 is 0 Å². The van der Waals surface area contributed by atoms with Gasteiger partial charge in [0.15, 0.2) is 0 Å². The standard InChI is InChI=1S/C7H11N.C5H5N.BrH/c1-3-8-5-4-7(2)6-8;1-2-4-6-5-3-1;/h4-6H,3H2,1-2H3;1-5H;1H. The van der Waals surface area contributed by atoms with Gasteiger partial charge in [0.2, 0.25) is 0 Å². The molecule has 0 spiro atoms. The smallest absolute Gasteiger partial charge is 0.0267 e. The molecule has 82 valence electrons. The minimum Gasteiger partial charge on any atom is -0.354 e. The van der Waals surface area contributed by atoms with Gasteiger partial charge >= 0.3 is 0 Å². The Bertz CT molecular complexity index is 317. The van der Waals surface area contributed by atoms with E-state index in [2.05, 4.69) is 41.9 Å². The molecule has 0 aliphatic rings. The Morgan fingerprint density at radius 3 is 2.07 bits per heavy atom. The number of aryl methyl sites for hydroxylation is 2. The molecular weight excluding hydrogens is 252 g/mol. The molecule has 0 fully saturated rings. The summed E-state index contributed by atoms with van der Waals surface area (Å²) in [6.07, 6.45) is 7.73. The van der Waals surface area contributed by atoms with Crippen LogP contribution in [0.5, 0.6) is 0 Å². The highest BCUT2D eigenvalue weighted by molar-refractivity contribution is 8.93. The molecule has 2 aromatic rings. The van der Waals surface area contributed by atoms with Crippen LogP contribution in [0.4, 0.5) is 0 Å². The van der Waals surface area contributed by atoms with E-state index in [-0.39, 0.29) is 17.0 Å². The first-order valence-corrected chi connectivity index (χ1v) is 4.80. The molecule has 2 heterocycles. The van der Waals surface area contributed by atoms with Gasteiger partial charge in [-0.25, -0.2) is 0 Å². The quantitative estimate of drug-likeness (QED) is 0.775. The van der Waals surface area contributed by atoms with Crippen molar-refractivity contribution < 1.29 is 0 Å². The first-order chi connectivity index (χ1) is 6.83. The number of halogens is 1. The van der Waals surface area contributed by atoms with E-state index in [1.807, 2.05) is 18.2 Å². The van der Waals surface area contributed by atoms with Crippen LogP contribution in [-0.4, -0.2) is 9.55 Å². The Hall–Kier alpha value is -1.09. The monoisotopic (exact) mass is 268 g/mol. The molecular formula is C12H17BrN2. The van der Waals surface area contributed by atoms with Crippen molar-refractivity contribution in [1.29, 1.82) is 0 Å². The van der Waals surface area contributed by atoms with Crippen LogP contribution >= 0.6 is 17.0 Å². The average Bonchev–Trinajstić information content (AvgIpc) is 2.68. The van der Waals surface area contributed by atoms with Crippen LogP contribution in [0, 0.1) is 6.92 Å². The van der Waals surface area contributed by atoms with Crippen LogP contribution in [0.1, 0.15) is 12.5 Å². The van der Waals surface area contributed by atoms with Gasteiger partial charge in [-0.2, -0.15) is 0 Å². The Labute approximate surface area is 102 Å². The largest absolute Gasteiger partial charge is 0.354 e. The number of pyridine rings is 1. The van der Waals surface area contributed by atoms with Crippen LogP contribution in [0.2, 0.25) is 0 Å². The van der Waals surface area contributed by atoms with Crippen molar-refractivity contribution in [3.63, 3.8) is 0 Å². The van der Waals surface area contributed by atoms with Crippen molar-refractivity contribution in [2.45, 2.75) is 20.4 Å². The van der Waals surface area contributed by atoms with Crippen molar-refractivity contribution in [2.24, 2.45) is 0 Å². The van der Waals surface area contributed by atoms with Gasteiger partial charge in [0.05, 0.1) is 0 Å². The van der Waals surface area contributed by atoms with E-state index >= 15 is 0 Å². The SMILES string of the molecule is Br.CCn1ccc(C)c1.c1ccncc1. The topological polar surface area (TPSA) is 17.8 Å². The minimum atomic E-state index is 0. The van der Waals surface area contributed by atoms with Crippen LogP contribution in [-0.2, 0) is 6.54 Å². The fourth-order valence-corrected chi connectivity index (χ4v) is 1.07. The molecule has 3 heteroatoms. The predicted octanol–water partition coefficient (Wildman–Crippen LogP) is 3.48. The predicted molar refractivity (Wildman–Crippen MR) is 69.4 cm³/mol. The lowest BCUT2D eigenvalue weighted by Crippen LogP contribution is -1.86. The van der Waals surface area contributed by atoms with Gasteiger partial charge in [0, 0.05) is 31.3 Å². The molecule has 0 aliphatic heterocycles.